The molecule has 3 nitrogen and oxygen atoms in total. The SMILES string of the molecule is Brc1cc(CNCC(c2ccco2)N2CCCC2)cs1. The van der Waals surface area contributed by atoms with Crippen LogP contribution in [0, 0.1) is 0 Å². The van der Waals surface area contributed by atoms with Gasteiger partial charge in [0.05, 0.1) is 16.1 Å². The topological polar surface area (TPSA) is 28.4 Å². The number of nitrogens with zero attached hydrogens (tertiary/aromatic N) is 1. The number of likely N-dealkylation sites (tertiary alicyclic amines) is 1. The van der Waals surface area contributed by atoms with Gasteiger partial charge in [-0.15, -0.1) is 11.3 Å². The first kappa shape index (κ1) is 14.3. The zero-order chi connectivity index (χ0) is 13.8. The first-order valence-electron chi connectivity index (χ1n) is 7.04. The van der Waals surface area contributed by atoms with Gasteiger partial charge in [0, 0.05) is 13.1 Å². The van der Waals surface area contributed by atoms with Crippen molar-refractivity contribution in [3.63, 3.8) is 0 Å². The van der Waals surface area contributed by atoms with Crippen LogP contribution in [0.1, 0.15) is 30.2 Å². The summed E-state index contributed by atoms with van der Waals surface area (Å²) in [6.45, 7) is 4.20. The van der Waals surface area contributed by atoms with E-state index in [2.05, 4.69) is 43.7 Å². The van der Waals surface area contributed by atoms with Crippen LogP contribution in [0.4, 0.5) is 0 Å². The van der Waals surface area contributed by atoms with Crippen LogP contribution < -0.4 is 5.32 Å². The van der Waals surface area contributed by atoms with Gasteiger partial charge in [-0.25, -0.2) is 0 Å². The molecule has 1 aliphatic heterocycles. The normalized spacial score (nSPS) is 17.6. The quantitative estimate of drug-likeness (QED) is 0.848. The molecule has 3 heterocycles. The third-order valence-corrected chi connectivity index (χ3v) is 5.29. The third-order valence-electron chi connectivity index (χ3n) is 3.74. The molecule has 2 aromatic heterocycles. The second kappa shape index (κ2) is 6.89. The van der Waals surface area contributed by atoms with Gasteiger partial charge in [0.25, 0.3) is 0 Å². The van der Waals surface area contributed by atoms with E-state index in [-0.39, 0.29) is 0 Å². The molecule has 1 N–H and O–H groups in total. The Morgan fingerprint density at radius 2 is 2.25 bits per heavy atom. The van der Waals surface area contributed by atoms with E-state index in [1.54, 1.807) is 17.6 Å². The number of nitrogens with one attached hydrogen (secondary N) is 1. The predicted octanol–water partition coefficient (Wildman–Crippen LogP) is 4.03. The van der Waals surface area contributed by atoms with Crippen LogP contribution in [0.2, 0.25) is 0 Å². The fourth-order valence-corrected chi connectivity index (χ4v) is 3.94. The molecule has 0 aliphatic carbocycles. The highest BCUT2D eigenvalue weighted by Gasteiger charge is 2.24. The molecule has 2 aromatic rings. The van der Waals surface area contributed by atoms with Crippen LogP contribution in [-0.2, 0) is 6.54 Å². The van der Waals surface area contributed by atoms with Crippen LogP contribution in [0.3, 0.4) is 0 Å². The molecular weight excluding hydrogens is 336 g/mol. The van der Waals surface area contributed by atoms with Gasteiger partial charge >= 0.3 is 0 Å². The lowest BCUT2D eigenvalue weighted by molar-refractivity contribution is 0.209. The van der Waals surface area contributed by atoms with E-state index in [4.69, 9.17) is 4.42 Å². The highest BCUT2D eigenvalue weighted by molar-refractivity contribution is 9.11. The highest BCUT2D eigenvalue weighted by Crippen LogP contribution is 2.25. The Labute approximate surface area is 132 Å². The minimum Gasteiger partial charge on any atom is -0.468 e. The predicted molar refractivity (Wildman–Crippen MR) is 86.0 cm³/mol. The lowest BCUT2D eigenvalue weighted by Crippen LogP contribution is -2.33. The van der Waals surface area contributed by atoms with E-state index >= 15 is 0 Å². The van der Waals surface area contributed by atoms with Gasteiger partial charge < -0.3 is 9.73 Å². The molecule has 1 atom stereocenters. The Balaban J connectivity index is 1.58. The maximum absolute atomic E-state index is 5.63. The van der Waals surface area contributed by atoms with E-state index in [9.17, 15) is 0 Å². The Bertz CT molecular complexity index is 520. The molecule has 0 radical (unpaired) electrons. The van der Waals surface area contributed by atoms with E-state index in [1.807, 2.05) is 6.07 Å². The fourth-order valence-electron chi connectivity index (χ4n) is 2.74. The van der Waals surface area contributed by atoms with Crippen LogP contribution in [0.15, 0.2) is 38.0 Å². The first-order chi connectivity index (χ1) is 9.83. The largest absolute Gasteiger partial charge is 0.468 e. The second-order valence-electron chi connectivity index (χ2n) is 5.16. The molecule has 0 saturated carbocycles. The molecule has 1 saturated heterocycles. The minimum absolute atomic E-state index is 0.356. The van der Waals surface area contributed by atoms with Gasteiger partial charge in [-0.05, 0) is 71.0 Å². The van der Waals surface area contributed by atoms with Crippen molar-refractivity contribution < 1.29 is 4.42 Å². The zero-order valence-electron chi connectivity index (χ0n) is 11.3. The Morgan fingerprint density at radius 1 is 1.40 bits per heavy atom. The lowest BCUT2D eigenvalue weighted by atomic mass is 10.2. The zero-order valence-corrected chi connectivity index (χ0v) is 13.8. The maximum Gasteiger partial charge on any atom is 0.122 e. The molecule has 1 fully saturated rings. The van der Waals surface area contributed by atoms with Crippen molar-refractivity contribution >= 4 is 27.3 Å². The number of hydrogen-bond acceptors (Lipinski definition) is 4. The number of hydrogen-bond donors (Lipinski definition) is 1. The molecule has 1 unspecified atom stereocenters. The summed E-state index contributed by atoms with van der Waals surface area (Å²) in [5.74, 6) is 1.07. The molecule has 0 amide bonds. The molecular formula is C15H19BrN2OS. The Hall–Kier alpha value is -0.620. The lowest BCUT2D eigenvalue weighted by Gasteiger charge is -2.26. The van der Waals surface area contributed by atoms with Gasteiger partial charge in [-0.3, -0.25) is 4.90 Å². The average molecular weight is 355 g/mol. The summed E-state index contributed by atoms with van der Waals surface area (Å²) in [4.78, 5) is 2.52. The highest BCUT2D eigenvalue weighted by atomic mass is 79.9. The smallest absolute Gasteiger partial charge is 0.122 e. The molecule has 108 valence electrons. The molecule has 0 bridgehead atoms. The van der Waals surface area contributed by atoms with Crippen LogP contribution in [-0.4, -0.2) is 24.5 Å². The van der Waals surface area contributed by atoms with Crippen molar-refractivity contribution in [2.45, 2.75) is 25.4 Å². The molecule has 20 heavy (non-hydrogen) atoms. The van der Waals surface area contributed by atoms with Gasteiger partial charge in [-0.1, -0.05) is 0 Å². The van der Waals surface area contributed by atoms with Crippen molar-refractivity contribution in [2.75, 3.05) is 19.6 Å². The summed E-state index contributed by atoms with van der Waals surface area (Å²) in [5.41, 5.74) is 1.33. The van der Waals surface area contributed by atoms with Crippen molar-refractivity contribution in [3.05, 3.63) is 45.0 Å². The summed E-state index contributed by atoms with van der Waals surface area (Å²) in [7, 11) is 0. The average Bonchev–Trinajstić information content (AvgIpc) is 3.18. The summed E-state index contributed by atoms with van der Waals surface area (Å²) < 4.78 is 6.82. The van der Waals surface area contributed by atoms with E-state index < -0.39 is 0 Å². The Kier molecular flexibility index (Phi) is 4.94. The van der Waals surface area contributed by atoms with Crippen molar-refractivity contribution in [1.29, 1.82) is 0 Å². The third kappa shape index (κ3) is 3.52. The summed E-state index contributed by atoms with van der Waals surface area (Å²) in [6, 6.07) is 6.60. The van der Waals surface area contributed by atoms with Crippen LogP contribution >= 0.6 is 27.3 Å². The van der Waals surface area contributed by atoms with Crippen LogP contribution in [0.25, 0.3) is 0 Å². The van der Waals surface area contributed by atoms with E-state index in [0.29, 0.717) is 6.04 Å². The molecule has 5 heteroatoms. The van der Waals surface area contributed by atoms with Gasteiger partial charge in [0.15, 0.2) is 0 Å². The molecule has 0 aromatic carbocycles. The van der Waals surface area contributed by atoms with Crippen LogP contribution in [0.5, 0.6) is 0 Å². The number of furan rings is 1. The van der Waals surface area contributed by atoms with E-state index in [0.717, 1.165) is 18.8 Å². The van der Waals surface area contributed by atoms with Gasteiger partial charge in [0.1, 0.15) is 5.76 Å². The molecule has 0 spiro atoms. The van der Waals surface area contributed by atoms with Gasteiger partial charge in [-0.2, -0.15) is 0 Å². The summed E-state index contributed by atoms with van der Waals surface area (Å²) in [6.07, 6.45) is 4.37. The second-order valence-corrected chi connectivity index (χ2v) is 7.45. The molecule has 1 aliphatic rings. The number of halogens is 1. The standard InChI is InChI=1S/C15H19BrN2OS/c16-15-8-12(11-20-15)9-17-10-13(14-4-3-7-19-14)18-5-1-2-6-18/h3-4,7-8,11,13,17H,1-2,5-6,9-10H2. The summed E-state index contributed by atoms with van der Waals surface area (Å²) >= 11 is 5.24. The van der Waals surface area contributed by atoms with Gasteiger partial charge in [0.2, 0.25) is 0 Å². The number of thiophene rings is 1. The monoisotopic (exact) mass is 354 g/mol. The van der Waals surface area contributed by atoms with Crippen molar-refractivity contribution in [3.8, 4) is 0 Å². The molecule has 3 rings (SSSR count). The maximum atomic E-state index is 5.63. The number of rotatable bonds is 6. The first-order valence-corrected chi connectivity index (χ1v) is 8.71. The fraction of sp³-hybridized carbons (Fsp3) is 0.467. The Morgan fingerprint density at radius 3 is 2.90 bits per heavy atom. The van der Waals surface area contributed by atoms with E-state index in [1.165, 1.54) is 35.3 Å². The van der Waals surface area contributed by atoms with Crippen molar-refractivity contribution in [1.82, 2.24) is 10.2 Å². The van der Waals surface area contributed by atoms with Crippen molar-refractivity contribution in [2.24, 2.45) is 0 Å². The summed E-state index contributed by atoms with van der Waals surface area (Å²) in [5, 5.41) is 5.75. The minimum atomic E-state index is 0.356.